The summed E-state index contributed by atoms with van der Waals surface area (Å²) in [6.07, 6.45) is 5.54. The third-order valence-electron chi connectivity index (χ3n) is 4.60. The van der Waals surface area contributed by atoms with E-state index in [1.54, 1.807) is 0 Å². The first-order valence-electron chi connectivity index (χ1n) is 8.55. The van der Waals surface area contributed by atoms with Crippen molar-refractivity contribution in [3.8, 4) is 0 Å². The fraction of sp³-hybridized carbons (Fsp3) is 0.938. The van der Waals surface area contributed by atoms with Crippen molar-refractivity contribution in [2.24, 2.45) is 5.92 Å². The van der Waals surface area contributed by atoms with E-state index < -0.39 is 0 Å². The number of amides is 1. The summed E-state index contributed by atoms with van der Waals surface area (Å²) >= 11 is 0. The van der Waals surface area contributed by atoms with Gasteiger partial charge in [0, 0.05) is 19.5 Å². The molecule has 0 aromatic rings. The van der Waals surface area contributed by atoms with Gasteiger partial charge in [0.1, 0.15) is 0 Å². The van der Waals surface area contributed by atoms with Crippen LogP contribution in [0.3, 0.4) is 0 Å². The van der Waals surface area contributed by atoms with E-state index in [2.05, 4.69) is 22.5 Å². The van der Waals surface area contributed by atoms with E-state index in [1.165, 1.54) is 25.9 Å². The first-order chi connectivity index (χ1) is 10.2. The van der Waals surface area contributed by atoms with E-state index in [-0.39, 0.29) is 5.91 Å². The van der Waals surface area contributed by atoms with Gasteiger partial charge in [0.25, 0.3) is 0 Å². The minimum Gasteiger partial charge on any atom is -0.378 e. The lowest BCUT2D eigenvalue weighted by molar-refractivity contribution is -0.122. The molecule has 5 nitrogen and oxygen atoms in total. The van der Waals surface area contributed by atoms with Crippen LogP contribution in [0.4, 0.5) is 0 Å². The zero-order chi connectivity index (χ0) is 14.9. The highest BCUT2D eigenvalue weighted by molar-refractivity contribution is 5.75. The standard InChI is InChI=1S/C16H31N3O2/c1-14-4-10-19(11-5-14)12-9-18-16(20)6-13-21-15-2-7-17-8-3-15/h14-15,17H,2-13H2,1H3,(H,18,20). The molecule has 0 aromatic carbocycles. The van der Waals surface area contributed by atoms with Crippen molar-refractivity contribution >= 4 is 5.91 Å². The fourth-order valence-corrected chi connectivity index (χ4v) is 3.01. The Kier molecular flexibility index (Phi) is 7.47. The molecular formula is C16H31N3O2. The second-order valence-corrected chi connectivity index (χ2v) is 6.44. The van der Waals surface area contributed by atoms with Gasteiger partial charge >= 0.3 is 0 Å². The molecule has 0 radical (unpaired) electrons. The van der Waals surface area contributed by atoms with Crippen LogP contribution in [-0.2, 0) is 9.53 Å². The van der Waals surface area contributed by atoms with E-state index in [0.29, 0.717) is 19.1 Å². The Morgan fingerprint density at radius 2 is 1.95 bits per heavy atom. The van der Waals surface area contributed by atoms with Crippen molar-refractivity contribution in [2.45, 2.75) is 45.1 Å². The van der Waals surface area contributed by atoms with Crippen molar-refractivity contribution in [1.82, 2.24) is 15.5 Å². The highest BCUT2D eigenvalue weighted by Crippen LogP contribution is 2.15. The van der Waals surface area contributed by atoms with Crippen LogP contribution in [0.2, 0.25) is 0 Å². The number of nitrogens with zero attached hydrogens (tertiary/aromatic N) is 1. The van der Waals surface area contributed by atoms with Crippen molar-refractivity contribution < 1.29 is 9.53 Å². The molecule has 0 saturated carbocycles. The molecule has 0 aromatic heterocycles. The van der Waals surface area contributed by atoms with Gasteiger partial charge < -0.3 is 20.3 Å². The lowest BCUT2D eigenvalue weighted by Crippen LogP contribution is -2.39. The predicted molar refractivity (Wildman–Crippen MR) is 84.3 cm³/mol. The average Bonchev–Trinajstić information content (AvgIpc) is 2.50. The molecule has 0 spiro atoms. The predicted octanol–water partition coefficient (Wildman–Crippen LogP) is 0.993. The minimum absolute atomic E-state index is 0.120. The zero-order valence-corrected chi connectivity index (χ0v) is 13.4. The van der Waals surface area contributed by atoms with Gasteiger partial charge in [-0.3, -0.25) is 4.79 Å². The molecule has 21 heavy (non-hydrogen) atoms. The first kappa shape index (κ1) is 16.7. The number of carbonyl (C=O) groups excluding carboxylic acids is 1. The van der Waals surface area contributed by atoms with Gasteiger partial charge in [0.2, 0.25) is 5.91 Å². The lowest BCUT2D eigenvalue weighted by atomic mass is 9.99. The van der Waals surface area contributed by atoms with Gasteiger partial charge in [-0.1, -0.05) is 6.92 Å². The van der Waals surface area contributed by atoms with Crippen LogP contribution in [0.1, 0.15) is 39.0 Å². The Morgan fingerprint density at radius 1 is 1.24 bits per heavy atom. The van der Waals surface area contributed by atoms with Crippen LogP contribution in [0, 0.1) is 5.92 Å². The second-order valence-electron chi connectivity index (χ2n) is 6.44. The molecule has 2 rings (SSSR count). The Bertz CT molecular complexity index is 298. The maximum atomic E-state index is 11.8. The molecule has 2 aliphatic heterocycles. The molecule has 2 fully saturated rings. The third-order valence-corrected chi connectivity index (χ3v) is 4.60. The first-order valence-corrected chi connectivity index (χ1v) is 8.55. The topological polar surface area (TPSA) is 53.6 Å². The highest BCUT2D eigenvalue weighted by Gasteiger charge is 2.16. The monoisotopic (exact) mass is 297 g/mol. The molecule has 2 N–H and O–H groups in total. The van der Waals surface area contributed by atoms with E-state index in [9.17, 15) is 4.79 Å². The number of rotatable bonds is 7. The molecule has 0 atom stereocenters. The summed E-state index contributed by atoms with van der Waals surface area (Å²) in [6, 6.07) is 0. The van der Waals surface area contributed by atoms with Crippen LogP contribution in [0.25, 0.3) is 0 Å². The zero-order valence-electron chi connectivity index (χ0n) is 13.4. The van der Waals surface area contributed by atoms with Crippen molar-refractivity contribution in [1.29, 1.82) is 0 Å². The Morgan fingerprint density at radius 3 is 2.67 bits per heavy atom. The second kappa shape index (κ2) is 9.38. The molecule has 0 unspecified atom stereocenters. The van der Waals surface area contributed by atoms with Crippen molar-refractivity contribution in [3.05, 3.63) is 0 Å². The van der Waals surface area contributed by atoms with Gasteiger partial charge in [-0.2, -0.15) is 0 Å². The Balaban J connectivity index is 1.45. The number of likely N-dealkylation sites (tertiary alicyclic amines) is 1. The van der Waals surface area contributed by atoms with Crippen LogP contribution >= 0.6 is 0 Å². The fourth-order valence-electron chi connectivity index (χ4n) is 3.01. The van der Waals surface area contributed by atoms with Gasteiger partial charge in [-0.25, -0.2) is 0 Å². The number of piperidine rings is 2. The lowest BCUT2D eigenvalue weighted by Gasteiger charge is -2.30. The Hall–Kier alpha value is -0.650. The van der Waals surface area contributed by atoms with E-state index >= 15 is 0 Å². The van der Waals surface area contributed by atoms with Crippen LogP contribution in [-0.4, -0.2) is 62.8 Å². The molecule has 2 saturated heterocycles. The number of carbonyl (C=O) groups is 1. The van der Waals surface area contributed by atoms with E-state index in [1.807, 2.05) is 0 Å². The van der Waals surface area contributed by atoms with E-state index in [0.717, 1.165) is 44.9 Å². The molecule has 0 bridgehead atoms. The van der Waals surface area contributed by atoms with Gasteiger partial charge in [0.15, 0.2) is 0 Å². The van der Waals surface area contributed by atoms with Crippen molar-refractivity contribution in [3.63, 3.8) is 0 Å². The summed E-state index contributed by atoms with van der Waals surface area (Å²) in [5, 5.41) is 6.32. The quantitative estimate of drug-likeness (QED) is 0.736. The summed E-state index contributed by atoms with van der Waals surface area (Å²) in [5.41, 5.74) is 0. The molecule has 2 heterocycles. The molecular weight excluding hydrogens is 266 g/mol. The SMILES string of the molecule is CC1CCN(CCNC(=O)CCOC2CCNCC2)CC1. The number of nitrogens with one attached hydrogen (secondary N) is 2. The molecule has 5 heteroatoms. The molecule has 0 aliphatic carbocycles. The summed E-state index contributed by atoms with van der Waals surface area (Å²) in [6.45, 7) is 9.04. The summed E-state index contributed by atoms with van der Waals surface area (Å²) in [4.78, 5) is 14.2. The van der Waals surface area contributed by atoms with Gasteiger partial charge in [0.05, 0.1) is 12.7 Å². The van der Waals surface area contributed by atoms with Crippen molar-refractivity contribution in [2.75, 3.05) is 45.9 Å². The average molecular weight is 297 g/mol. The molecule has 1 amide bonds. The minimum atomic E-state index is 0.120. The maximum absolute atomic E-state index is 11.8. The molecule has 122 valence electrons. The largest absolute Gasteiger partial charge is 0.378 e. The summed E-state index contributed by atoms with van der Waals surface area (Å²) < 4.78 is 5.75. The third kappa shape index (κ3) is 6.76. The maximum Gasteiger partial charge on any atom is 0.222 e. The van der Waals surface area contributed by atoms with Crippen LogP contribution in [0.15, 0.2) is 0 Å². The normalized spacial score (nSPS) is 22.3. The smallest absolute Gasteiger partial charge is 0.222 e. The number of hydrogen-bond acceptors (Lipinski definition) is 4. The van der Waals surface area contributed by atoms with E-state index in [4.69, 9.17) is 4.74 Å². The van der Waals surface area contributed by atoms with Crippen LogP contribution in [0.5, 0.6) is 0 Å². The van der Waals surface area contributed by atoms with Gasteiger partial charge in [-0.15, -0.1) is 0 Å². The van der Waals surface area contributed by atoms with Gasteiger partial charge in [-0.05, 0) is 57.8 Å². The Labute approximate surface area is 128 Å². The molecule has 2 aliphatic rings. The highest BCUT2D eigenvalue weighted by atomic mass is 16.5. The number of hydrogen-bond donors (Lipinski definition) is 2. The number of ether oxygens (including phenoxy) is 1. The summed E-state index contributed by atoms with van der Waals surface area (Å²) in [7, 11) is 0. The summed E-state index contributed by atoms with van der Waals surface area (Å²) in [5.74, 6) is 0.984. The van der Waals surface area contributed by atoms with Crippen LogP contribution < -0.4 is 10.6 Å².